The number of hydrogen-bond acceptors (Lipinski definition) is 2. The van der Waals surface area contributed by atoms with Crippen LogP contribution in [0.15, 0.2) is 64.3 Å². The van der Waals surface area contributed by atoms with E-state index in [0.29, 0.717) is 12.8 Å². The van der Waals surface area contributed by atoms with Gasteiger partial charge in [0.25, 0.3) is 0 Å². The van der Waals surface area contributed by atoms with Gasteiger partial charge in [-0.2, -0.15) is 0 Å². The Labute approximate surface area is 168 Å². The quantitative estimate of drug-likeness (QED) is 0.649. The number of carbonyl (C=O) groups excluding carboxylic acids is 2. The Kier molecular flexibility index (Phi) is 5.00. The molecule has 0 aromatic heterocycles. The second kappa shape index (κ2) is 7.43. The number of nitrogens with zero attached hydrogens (tertiary/aromatic N) is 1. The van der Waals surface area contributed by atoms with Crippen molar-refractivity contribution in [3.8, 4) is 0 Å². The molecule has 2 aromatic rings. The molecule has 138 valence electrons. The lowest BCUT2D eigenvalue weighted by atomic mass is 9.77. The number of hydrogen-bond donors (Lipinski definition) is 0. The highest BCUT2D eigenvalue weighted by molar-refractivity contribution is 9.10. The van der Waals surface area contributed by atoms with E-state index in [0.717, 1.165) is 51.8 Å². The first-order valence-electron chi connectivity index (χ1n) is 9.52. The van der Waals surface area contributed by atoms with Gasteiger partial charge in [-0.1, -0.05) is 53.2 Å². The largest absolute Gasteiger partial charge is 0.294 e. The molecule has 0 spiro atoms. The average Bonchev–Trinajstić information content (AvgIpc) is 2.68. The fourth-order valence-electron chi connectivity index (χ4n) is 4.28. The van der Waals surface area contributed by atoms with Crippen molar-refractivity contribution in [1.29, 1.82) is 0 Å². The number of allylic oxidation sites excluding steroid dienone is 2. The zero-order valence-electron chi connectivity index (χ0n) is 15.4. The molecule has 1 aliphatic heterocycles. The number of Topliss-reactive ketones (excluding diaryl/α,β-unsaturated/α-hetero) is 1. The monoisotopic (exact) mass is 423 g/mol. The normalized spacial score (nSPS) is 20.1. The number of rotatable bonds is 3. The second-order valence-corrected chi connectivity index (χ2v) is 8.07. The van der Waals surface area contributed by atoms with Crippen LogP contribution in [0, 0.1) is 0 Å². The third-order valence-corrected chi connectivity index (χ3v) is 6.09. The smallest absolute Gasteiger partial charge is 0.232 e. The molecule has 0 bridgehead atoms. The molecule has 0 saturated carbocycles. The standard InChI is InChI=1S/C23H22BrNO2/c1-2-15-6-3-4-7-19(15)25-20-8-5-9-21(26)23(20)18(14-22(25)27)16-10-12-17(24)13-11-16/h3-4,6-7,10-13,18H,2,5,8-9,14H2,1H3. The SMILES string of the molecule is CCc1ccccc1N1C(=O)CC(c2ccc(Br)cc2)C2=C1CCCC2=O. The average molecular weight is 424 g/mol. The lowest BCUT2D eigenvalue weighted by Crippen LogP contribution is -2.41. The molecule has 1 atom stereocenters. The van der Waals surface area contributed by atoms with Crippen molar-refractivity contribution in [1.82, 2.24) is 0 Å². The van der Waals surface area contributed by atoms with Crippen LogP contribution >= 0.6 is 15.9 Å². The van der Waals surface area contributed by atoms with E-state index in [-0.39, 0.29) is 17.6 Å². The van der Waals surface area contributed by atoms with Crippen molar-refractivity contribution < 1.29 is 9.59 Å². The molecule has 0 saturated heterocycles. The van der Waals surface area contributed by atoms with Crippen LogP contribution in [-0.2, 0) is 16.0 Å². The summed E-state index contributed by atoms with van der Waals surface area (Å²) in [5, 5.41) is 0. The van der Waals surface area contributed by atoms with Gasteiger partial charge in [0.15, 0.2) is 5.78 Å². The molecule has 1 heterocycles. The number of aryl methyl sites for hydroxylation is 1. The zero-order chi connectivity index (χ0) is 19.0. The van der Waals surface area contributed by atoms with Crippen LogP contribution in [0.3, 0.4) is 0 Å². The van der Waals surface area contributed by atoms with Crippen molar-refractivity contribution in [3.05, 3.63) is 75.4 Å². The molecule has 27 heavy (non-hydrogen) atoms. The number of para-hydroxylation sites is 1. The summed E-state index contributed by atoms with van der Waals surface area (Å²) >= 11 is 3.46. The predicted octanol–water partition coefficient (Wildman–Crippen LogP) is 5.54. The summed E-state index contributed by atoms with van der Waals surface area (Å²) in [6.07, 6.45) is 3.35. The number of ketones is 1. The summed E-state index contributed by atoms with van der Waals surface area (Å²) in [6.45, 7) is 2.10. The number of benzene rings is 2. The Hall–Kier alpha value is -2.20. The number of carbonyl (C=O) groups is 2. The van der Waals surface area contributed by atoms with Crippen LogP contribution in [-0.4, -0.2) is 11.7 Å². The lowest BCUT2D eigenvalue weighted by molar-refractivity contribution is -0.119. The van der Waals surface area contributed by atoms with Gasteiger partial charge in [-0.3, -0.25) is 14.5 Å². The first-order valence-corrected chi connectivity index (χ1v) is 10.3. The van der Waals surface area contributed by atoms with Gasteiger partial charge in [0.1, 0.15) is 0 Å². The van der Waals surface area contributed by atoms with Gasteiger partial charge in [-0.15, -0.1) is 0 Å². The van der Waals surface area contributed by atoms with E-state index in [1.165, 1.54) is 0 Å². The lowest BCUT2D eigenvalue weighted by Gasteiger charge is -2.39. The van der Waals surface area contributed by atoms with Crippen LogP contribution in [0.1, 0.15) is 49.7 Å². The Morgan fingerprint density at radius 1 is 1.04 bits per heavy atom. The van der Waals surface area contributed by atoms with Gasteiger partial charge in [0.2, 0.25) is 5.91 Å². The molecule has 0 radical (unpaired) electrons. The van der Waals surface area contributed by atoms with Gasteiger partial charge < -0.3 is 0 Å². The molecule has 2 aromatic carbocycles. The first-order chi connectivity index (χ1) is 13.1. The van der Waals surface area contributed by atoms with E-state index < -0.39 is 0 Å². The first kappa shape index (κ1) is 18.2. The molecular formula is C23H22BrNO2. The molecule has 1 amide bonds. The van der Waals surface area contributed by atoms with E-state index >= 15 is 0 Å². The molecule has 4 rings (SSSR count). The Morgan fingerprint density at radius 3 is 2.52 bits per heavy atom. The van der Waals surface area contributed by atoms with Crippen molar-refractivity contribution in [2.45, 2.75) is 44.9 Å². The predicted molar refractivity (Wildman–Crippen MR) is 111 cm³/mol. The minimum atomic E-state index is -0.140. The highest BCUT2D eigenvalue weighted by Gasteiger charge is 2.40. The number of halogens is 1. The maximum Gasteiger partial charge on any atom is 0.232 e. The second-order valence-electron chi connectivity index (χ2n) is 7.16. The van der Waals surface area contributed by atoms with Gasteiger partial charge in [0, 0.05) is 34.5 Å². The van der Waals surface area contributed by atoms with Crippen molar-refractivity contribution >= 4 is 33.3 Å². The van der Waals surface area contributed by atoms with Gasteiger partial charge in [-0.05, 0) is 48.6 Å². The van der Waals surface area contributed by atoms with Gasteiger partial charge in [0.05, 0.1) is 5.69 Å². The van der Waals surface area contributed by atoms with E-state index in [1.807, 2.05) is 47.4 Å². The summed E-state index contributed by atoms with van der Waals surface area (Å²) < 4.78 is 0.996. The third-order valence-electron chi connectivity index (χ3n) is 5.56. The summed E-state index contributed by atoms with van der Waals surface area (Å²) in [7, 11) is 0. The minimum Gasteiger partial charge on any atom is -0.294 e. The molecule has 1 aliphatic carbocycles. The molecular weight excluding hydrogens is 402 g/mol. The van der Waals surface area contributed by atoms with Gasteiger partial charge in [-0.25, -0.2) is 0 Å². The molecule has 0 fully saturated rings. The fourth-order valence-corrected chi connectivity index (χ4v) is 4.54. The molecule has 2 aliphatic rings. The highest BCUT2D eigenvalue weighted by atomic mass is 79.9. The fraction of sp³-hybridized carbons (Fsp3) is 0.304. The molecule has 3 nitrogen and oxygen atoms in total. The minimum absolute atomic E-state index is 0.0808. The summed E-state index contributed by atoms with van der Waals surface area (Å²) in [5.41, 5.74) is 4.86. The molecule has 4 heteroatoms. The summed E-state index contributed by atoms with van der Waals surface area (Å²) in [4.78, 5) is 28.0. The maximum atomic E-state index is 13.2. The number of amides is 1. The Bertz CT molecular complexity index is 930. The maximum absolute atomic E-state index is 13.2. The van der Waals surface area contributed by atoms with Crippen LogP contribution in [0.5, 0.6) is 0 Å². The van der Waals surface area contributed by atoms with Crippen LogP contribution in [0.4, 0.5) is 5.69 Å². The Morgan fingerprint density at radius 2 is 1.78 bits per heavy atom. The van der Waals surface area contributed by atoms with E-state index in [9.17, 15) is 9.59 Å². The Balaban J connectivity index is 1.87. The highest BCUT2D eigenvalue weighted by Crippen LogP contribution is 2.44. The van der Waals surface area contributed by atoms with Crippen molar-refractivity contribution in [2.75, 3.05) is 4.90 Å². The molecule has 0 N–H and O–H groups in total. The molecule has 1 unspecified atom stereocenters. The van der Waals surface area contributed by atoms with Crippen LogP contribution in [0.2, 0.25) is 0 Å². The zero-order valence-corrected chi connectivity index (χ0v) is 17.0. The summed E-state index contributed by atoms with van der Waals surface area (Å²) in [6, 6.07) is 16.0. The summed E-state index contributed by atoms with van der Waals surface area (Å²) in [5.74, 6) is 0.131. The van der Waals surface area contributed by atoms with Crippen LogP contribution in [0.25, 0.3) is 0 Å². The van der Waals surface area contributed by atoms with E-state index in [4.69, 9.17) is 0 Å². The van der Waals surface area contributed by atoms with Crippen molar-refractivity contribution in [2.24, 2.45) is 0 Å². The van der Waals surface area contributed by atoms with E-state index in [1.54, 1.807) is 0 Å². The van der Waals surface area contributed by atoms with Crippen LogP contribution < -0.4 is 4.90 Å². The number of anilines is 1. The van der Waals surface area contributed by atoms with Crippen molar-refractivity contribution in [3.63, 3.8) is 0 Å². The van der Waals surface area contributed by atoms with Gasteiger partial charge >= 0.3 is 0 Å². The van der Waals surface area contributed by atoms with E-state index in [2.05, 4.69) is 28.9 Å². The topological polar surface area (TPSA) is 37.4 Å². The third kappa shape index (κ3) is 3.27.